The highest BCUT2D eigenvalue weighted by Crippen LogP contribution is 2.36. The van der Waals surface area contributed by atoms with Gasteiger partial charge in [0.05, 0.1) is 19.8 Å². The third-order valence-electron chi connectivity index (χ3n) is 9.15. The van der Waals surface area contributed by atoms with Crippen LogP contribution in [0.3, 0.4) is 0 Å². The second-order valence-electron chi connectivity index (χ2n) is 12.5. The van der Waals surface area contributed by atoms with Crippen molar-refractivity contribution in [1.29, 1.82) is 0 Å². The van der Waals surface area contributed by atoms with Crippen molar-refractivity contribution < 1.29 is 19.0 Å². The summed E-state index contributed by atoms with van der Waals surface area (Å²) in [6, 6.07) is 15.1. The van der Waals surface area contributed by atoms with Gasteiger partial charge < -0.3 is 34.3 Å². The second kappa shape index (κ2) is 16.8. The molecule has 1 aromatic heterocycles. The number of nitrogens with one attached hydrogen (secondary N) is 2. The van der Waals surface area contributed by atoms with Gasteiger partial charge in [0.15, 0.2) is 0 Å². The molecule has 0 unspecified atom stereocenters. The maximum absolute atomic E-state index is 13.8. The van der Waals surface area contributed by atoms with E-state index in [-0.39, 0.29) is 18.0 Å². The SMILES string of the molecule is CCN(c1cc(-c2ccc(OCCOCCOC)cc2)cc(C(=O)NCc2c(C)cc(C)[nH]c2=O)c1C)[C@H]1CC[C@H](N(C)C)CC1. The van der Waals surface area contributed by atoms with E-state index >= 15 is 0 Å². The highest BCUT2D eigenvalue weighted by molar-refractivity contribution is 5.99. The van der Waals surface area contributed by atoms with E-state index < -0.39 is 0 Å². The van der Waals surface area contributed by atoms with Gasteiger partial charge in [0.1, 0.15) is 12.4 Å². The van der Waals surface area contributed by atoms with Crippen molar-refractivity contribution >= 4 is 11.6 Å². The van der Waals surface area contributed by atoms with Crippen LogP contribution in [0, 0.1) is 20.8 Å². The van der Waals surface area contributed by atoms with Gasteiger partial charge in [-0.05, 0) is 120 Å². The van der Waals surface area contributed by atoms with Crippen molar-refractivity contribution in [1.82, 2.24) is 15.2 Å². The van der Waals surface area contributed by atoms with Gasteiger partial charge in [-0.25, -0.2) is 0 Å². The number of amides is 1. The number of methoxy groups -OCH3 is 1. The first-order valence-corrected chi connectivity index (χ1v) is 16.5. The zero-order valence-corrected chi connectivity index (χ0v) is 28.7. The molecule has 0 saturated heterocycles. The molecule has 2 aromatic carbocycles. The molecular formula is C37H52N4O5. The Hall–Kier alpha value is -3.66. The maximum atomic E-state index is 13.8. The van der Waals surface area contributed by atoms with Gasteiger partial charge in [-0.2, -0.15) is 0 Å². The lowest BCUT2D eigenvalue weighted by molar-refractivity contribution is 0.0544. The standard InChI is InChI=1S/C37H52N4O5/c1-8-41(31-13-11-30(12-14-31)40(5)6)35-23-29(28-9-15-32(16-10-28)46-20-19-45-18-17-44-7)22-33(27(35)4)36(42)38-24-34-25(2)21-26(3)39-37(34)43/h9-10,15-16,21-23,30-31H,8,11-14,17-20,24H2,1-7H3,(H,38,42)(H,39,43)/t30-,31-. The summed E-state index contributed by atoms with van der Waals surface area (Å²) in [7, 11) is 5.98. The monoisotopic (exact) mass is 632 g/mol. The molecule has 0 radical (unpaired) electrons. The number of benzene rings is 2. The molecular weight excluding hydrogens is 580 g/mol. The Balaban J connectivity index is 1.62. The van der Waals surface area contributed by atoms with Crippen LogP contribution in [0.4, 0.5) is 5.69 Å². The highest BCUT2D eigenvalue weighted by Gasteiger charge is 2.28. The molecule has 1 saturated carbocycles. The van der Waals surface area contributed by atoms with Crippen molar-refractivity contribution in [2.75, 3.05) is 59.1 Å². The average Bonchev–Trinajstić information content (AvgIpc) is 3.03. The first kappa shape index (κ1) is 35.2. The van der Waals surface area contributed by atoms with Crippen molar-refractivity contribution in [3.8, 4) is 16.9 Å². The van der Waals surface area contributed by atoms with E-state index in [9.17, 15) is 9.59 Å². The van der Waals surface area contributed by atoms with Crippen LogP contribution in [0.5, 0.6) is 5.75 Å². The Morgan fingerprint density at radius 2 is 1.59 bits per heavy atom. The Bertz CT molecular complexity index is 1490. The van der Waals surface area contributed by atoms with Crippen LogP contribution in [0.2, 0.25) is 0 Å². The first-order chi connectivity index (χ1) is 22.1. The number of carbonyl (C=O) groups excluding carboxylic acids is 1. The van der Waals surface area contributed by atoms with Crippen molar-refractivity contribution in [2.24, 2.45) is 0 Å². The number of hydrogen-bond acceptors (Lipinski definition) is 7. The molecule has 46 heavy (non-hydrogen) atoms. The van der Waals surface area contributed by atoms with E-state index in [4.69, 9.17) is 14.2 Å². The van der Waals surface area contributed by atoms with Gasteiger partial charge >= 0.3 is 0 Å². The lowest BCUT2D eigenvalue weighted by Crippen LogP contribution is -2.42. The topological polar surface area (TPSA) is 96.1 Å². The molecule has 9 nitrogen and oxygen atoms in total. The summed E-state index contributed by atoms with van der Waals surface area (Å²) in [5.41, 5.74) is 6.67. The molecule has 1 heterocycles. The quantitative estimate of drug-likeness (QED) is 0.210. The normalized spacial score (nSPS) is 16.4. The van der Waals surface area contributed by atoms with Gasteiger partial charge in [-0.1, -0.05) is 12.1 Å². The lowest BCUT2D eigenvalue weighted by atomic mass is 9.88. The van der Waals surface area contributed by atoms with Crippen LogP contribution in [-0.2, 0) is 16.0 Å². The van der Waals surface area contributed by atoms with Gasteiger partial charge in [0, 0.05) is 54.8 Å². The number of ether oxygens (including phenoxy) is 3. The van der Waals surface area contributed by atoms with E-state index in [2.05, 4.69) is 47.2 Å². The average molecular weight is 633 g/mol. The predicted molar refractivity (Wildman–Crippen MR) is 185 cm³/mol. The van der Waals surface area contributed by atoms with Gasteiger partial charge in [-0.3, -0.25) is 9.59 Å². The fourth-order valence-corrected chi connectivity index (χ4v) is 6.48. The number of pyridine rings is 1. The third-order valence-corrected chi connectivity index (χ3v) is 9.15. The van der Waals surface area contributed by atoms with E-state index in [1.165, 1.54) is 0 Å². The van der Waals surface area contributed by atoms with E-state index in [0.717, 1.165) is 71.6 Å². The van der Waals surface area contributed by atoms with Crippen LogP contribution >= 0.6 is 0 Å². The number of nitrogens with zero attached hydrogens (tertiary/aromatic N) is 2. The third kappa shape index (κ3) is 8.99. The zero-order valence-electron chi connectivity index (χ0n) is 28.7. The van der Waals surface area contributed by atoms with E-state index in [1.807, 2.05) is 57.2 Å². The molecule has 1 fully saturated rings. The minimum absolute atomic E-state index is 0.159. The molecule has 0 atom stereocenters. The molecule has 0 spiro atoms. The zero-order chi connectivity index (χ0) is 33.2. The molecule has 250 valence electrons. The van der Waals surface area contributed by atoms with Crippen molar-refractivity contribution in [3.05, 3.63) is 80.8 Å². The fraction of sp³-hybridized carbons (Fsp3) is 0.514. The predicted octanol–water partition coefficient (Wildman–Crippen LogP) is 5.64. The van der Waals surface area contributed by atoms with Crippen LogP contribution in [0.15, 0.2) is 47.3 Å². The molecule has 1 amide bonds. The summed E-state index contributed by atoms with van der Waals surface area (Å²) < 4.78 is 16.4. The highest BCUT2D eigenvalue weighted by atomic mass is 16.5. The molecule has 4 rings (SSSR count). The largest absolute Gasteiger partial charge is 0.491 e. The summed E-state index contributed by atoms with van der Waals surface area (Å²) in [5, 5.41) is 3.05. The Kier molecular flexibility index (Phi) is 12.8. The number of aromatic nitrogens is 1. The summed E-state index contributed by atoms with van der Waals surface area (Å²) in [6.07, 6.45) is 4.53. The number of carbonyl (C=O) groups is 1. The summed E-state index contributed by atoms with van der Waals surface area (Å²) in [4.78, 5) is 34.2. The van der Waals surface area contributed by atoms with Crippen LogP contribution in [0.25, 0.3) is 11.1 Å². The van der Waals surface area contributed by atoms with Crippen LogP contribution in [0.1, 0.15) is 65.3 Å². The van der Waals surface area contributed by atoms with Gasteiger partial charge in [-0.15, -0.1) is 0 Å². The summed E-state index contributed by atoms with van der Waals surface area (Å²) >= 11 is 0. The number of hydrogen-bond donors (Lipinski definition) is 2. The van der Waals surface area contributed by atoms with E-state index in [1.54, 1.807) is 7.11 Å². The summed E-state index contributed by atoms with van der Waals surface area (Å²) in [5.74, 6) is 0.566. The number of rotatable bonds is 15. The second-order valence-corrected chi connectivity index (χ2v) is 12.5. The van der Waals surface area contributed by atoms with Gasteiger partial charge in [0.2, 0.25) is 0 Å². The first-order valence-electron chi connectivity index (χ1n) is 16.5. The molecule has 1 aliphatic rings. The Morgan fingerprint density at radius 3 is 2.22 bits per heavy atom. The fourth-order valence-electron chi connectivity index (χ4n) is 6.48. The van der Waals surface area contributed by atoms with Crippen LogP contribution < -0.4 is 20.5 Å². The maximum Gasteiger partial charge on any atom is 0.253 e. The van der Waals surface area contributed by atoms with E-state index in [0.29, 0.717) is 49.6 Å². The molecule has 0 aliphatic heterocycles. The number of aromatic amines is 1. The minimum Gasteiger partial charge on any atom is -0.491 e. The molecule has 3 aromatic rings. The Morgan fingerprint density at radius 1 is 0.913 bits per heavy atom. The van der Waals surface area contributed by atoms with Crippen molar-refractivity contribution in [3.63, 3.8) is 0 Å². The lowest BCUT2D eigenvalue weighted by Gasteiger charge is -2.40. The Labute approximate surface area is 274 Å². The summed E-state index contributed by atoms with van der Waals surface area (Å²) in [6.45, 7) is 11.0. The number of H-pyrrole nitrogens is 1. The molecule has 9 heteroatoms. The van der Waals surface area contributed by atoms with Crippen molar-refractivity contribution in [2.45, 2.75) is 72.0 Å². The van der Waals surface area contributed by atoms with Crippen LogP contribution in [-0.4, -0.2) is 82.1 Å². The minimum atomic E-state index is -0.194. The smallest absolute Gasteiger partial charge is 0.253 e. The molecule has 0 bridgehead atoms. The molecule has 1 aliphatic carbocycles. The number of anilines is 1. The number of aryl methyl sites for hydroxylation is 2. The van der Waals surface area contributed by atoms with Gasteiger partial charge in [0.25, 0.3) is 11.5 Å². The molecule has 2 N–H and O–H groups in total.